The molecule has 2 N–H and O–H groups in total. The van der Waals surface area contributed by atoms with Gasteiger partial charge in [0.25, 0.3) is 0 Å². The van der Waals surface area contributed by atoms with E-state index in [1.807, 2.05) is 0 Å². The number of hydrogen-bond donors (Lipinski definition) is 2. The Labute approximate surface area is 201 Å². The molecule has 34 heavy (non-hydrogen) atoms. The van der Waals surface area contributed by atoms with E-state index in [2.05, 4.69) is 0 Å². The second-order valence-corrected chi connectivity index (χ2v) is 10.4. The average molecular weight is 469 g/mol. The van der Waals surface area contributed by atoms with Gasteiger partial charge in [-0.1, -0.05) is 49.3 Å². The fraction of sp³-hybridized carbons (Fsp3) is 0.500. The minimum Gasteiger partial charge on any atom is -0.481 e. The molecule has 0 saturated heterocycles. The maximum atomic E-state index is 12.6. The first-order valence-electron chi connectivity index (χ1n) is 11.9. The molecule has 0 saturated carbocycles. The number of hydrogen-bond acceptors (Lipinski definition) is 4. The summed E-state index contributed by atoms with van der Waals surface area (Å²) in [5, 5.41) is 18.4. The highest BCUT2D eigenvalue weighted by Gasteiger charge is 2.27. The summed E-state index contributed by atoms with van der Waals surface area (Å²) in [4.78, 5) is 47.6. The standard InChI is InChI=1S/C28H36O6/c1-27(2,25(31)32)17-7-5-9-19-11-13-21(23(19)29)15-16-22-14-12-20(24(22)30)10-6-8-18-28(3,4)26(33)34/h11-16H,5-10,17-18H2,1-4H3,(H,31,32)(H,33,34)/b16-15+. The topological polar surface area (TPSA) is 109 Å². The van der Waals surface area contributed by atoms with E-state index in [1.54, 1.807) is 64.2 Å². The molecule has 0 amide bonds. The second kappa shape index (κ2) is 11.4. The summed E-state index contributed by atoms with van der Waals surface area (Å²) in [5.74, 6) is -1.72. The lowest BCUT2D eigenvalue weighted by Gasteiger charge is -2.18. The molecule has 0 fully saturated rings. The van der Waals surface area contributed by atoms with Gasteiger partial charge in [-0.15, -0.1) is 0 Å². The number of aliphatic carboxylic acids is 2. The highest BCUT2D eigenvalue weighted by molar-refractivity contribution is 6.15. The van der Waals surface area contributed by atoms with Crippen molar-refractivity contribution in [3.63, 3.8) is 0 Å². The highest BCUT2D eigenvalue weighted by Crippen LogP contribution is 2.28. The van der Waals surface area contributed by atoms with Gasteiger partial charge in [0.1, 0.15) is 0 Å². The number of ketones is 2. The Balaban J connectivity index is 1.74. The van der Waals surface area contributed by atoms with Crippen molar-refractivity contribution in [2.75, 3.05) is 0 Å². The van der Waals surface area contributed by atoms with Crippen molar-refractivity contribution in [2.24, 2.45) is 10.8 Å². The maximum absolute atomic E-state index is 12.6. The number of unbranched alkanes of at least 4 members (excludes halogenated alkanes) is 2. The Morgan fingerprint density at radius 1 is 0.676 bits per heavy atom. The van der Waals surface area contributed by atoms with Crippen molar-refractivity contribution >= 4 is 23.5 Å². The van der Waals surface area contributed by atoms with Gasteiger partial charge in [0.2, 0.25) is 0 Å². The monoisotopic (exact) mass is 468 g/mol. The molecule has 0 heterocycles. The molecule has 0 spiro atoms. The summed E-state index contributed by atoms with van der Waals surface area (Å²) in [5.41, 5.74) is 0.982. The first-order valence-corrected chi connectivity index (χ1v) is 11.9. The van der Waals surface area contributed by atoms with E-state index >= 15 is 0 Å². The normalized spacial score (nSPS) is 16.6. The molecular weight excluding hydrogens is 432 g/mol. The van der Waals surface area contributed by atoms with Crippen LogP contribution in [0.2, 0.25) is 0 Å². The third-order valence-electron chi connectivity index (χ3n) is 6.63. The summed E-state index contributed by atoms with van der Waals surface area (Å²) in [6.45, 7) is 6.83. The van der Waals surface area contributed by atoms with Crippen LogP contribution in [0.25, 0.3) is 0 Å². The molecule has 0 unspecified atom stereocenters. The first kappa shape index (κ1) is 27.2. The van der Waals surface area contributed by atoms with Crippen molar-refractivity contribution in [2.45, 2.75) is 79.1 Å². The van der Waals surface area contributed by atoms with Crippen molar-refractivity contribution in [1.29, 1.82) is 0 Å². The Bertz CT molecular complexity index is 918. The zero-order chi connectivity index (χ0) is 25.5. The molecule has 6 heteroatoms. The van der Waals surface area contributed by atoms with Gasteiger partial charge in [-0.05, 0) is 66.2 Å². The van der Waals surface area contributed by atoms with E-state index in [1.165, 1.54) is 0 Å². The maximum Gasteiger partial charge on any atom is 0.309 e. The van der Waals surface area contributed by atoms with Gasteiger partial charge < -0.3 is 10.2 Å². The summed E-state index contributed by atoms with van der Waals surface area (Å²) in [6.07, 6.45) is 15.8. The van der Waals surface area contributed by atoms with E-state index in [-0.39, 0.29) is 11.6 Å². The fourth-order valence-electron chi connectivity index (χ4n) is 3.87. The smallest absolute Gasteiger partial charge is 0.309 e. The lowest BCUT2D eigenvalue weighted by Crippen LogP contribution is -2.23. The van der Waals surface area contributed by atoms with Crippen LogP contribution < -0.4 is 0 Å². The van der Waals surface area contributed by atoms with Gasteiger partial charge in [-0.2, -0.15) is 0 Å². The Kier molecular flexibility index (Phi) is 9.14. The Morgan fingerprint density at radius 3 is 1.35 bits per heavy atom. The van der Waals surface area contributed by atoms with Gasteiger partial charge in [-0.25, -0.2) is 0 Å². The lowest BCUT2D eigenvalue weighted by atomic mass is 9.86. The summed E-state index contributed by atoms with van der Waals surface area (Å²) in [6, 6.07) is 0. The van der Waals surface area contributed by atoms with Crippen LogP contribution in [-0.4, -0.2) is 33.7 Å². The molecule has 0 radical (unpaired) electrons. The zero-order valence-electron chi connectivity index (χ0n) is 20.6. The molecule has 6 nitrogen and oxygen atoms in total. The number of carboxylic acids is 2. The molecule has 2 aliphatic carbocycles. The SMILES string of the molecule is CC(C)(CCCCC1=CC=C(/C=C/C2=CC=C(CCCCC(C)(C)C(=O)O)C2=O)C1=O)C(=O)O. The van der Waals surface area contributed by atoms with E-state index < -0.39 is 22.8 Å². The second-order valence-electron chi connectivity index (χ2n) is 10.4. The fourth-order valence-corrected chi connectivity index (χ4v) is 3.87. The van der Waals surface area contributed by atoms with Crippen LogP contribution in [0.15, 0.2) is 58.7 Å². The number of allylic oxidation sites excluding steroid dienone is 10. The molecule has 0 aromatic carbocycles. The Hall–Kier alpha value is -3.02. The van der Waals surface area contributed by atoms with Crippen LogP contribution in [-0.2, 0) is 19.2 Å². The van der Waals surface area contributed by atoms with Crippen molar-refractivity contribution in [3.05, 3.63) is 58.7 Å². The first-order chi connectivity index (χ1) is 15.8. The van der Waals surface area contributed by atoms with E-state index in [0.717, 1.165) is 25.7 Å². The van der Waals surface area contributed by atoms with Gasteiger partial charge in [0.15, 0.2) is 11.6 Å². The molecule has 2 rings (SSSR count). The number of Topliss-reactive ketones (excluding diaryl/α,β-unsaturated/α-hetero) is 2. The lowest BCUT2D eigenvalue weighted by molar-refractivity contribution is -0.148. The van der Waals surface area contributed by atoms with E-state index in [9.17, 15) is 29.4 Å². The average Bonchev–Trinajstić information content (AvgIpc) is 3.29. The summed E-state index contributed by atoms with van der Waals surface area (Å²) < 4.78 is 0. The minimum absolute atomic E-state index is 0.0472. The highest BCUT2D eigenvalue weighted by atomic mass is 16.4. The quantitative estimate of drug-likeness (QED) is 0.314. The molecule has 0 atom stereocenters. The zero-order valence-corrected chi connectivity index (χ0v) is 20.6. The van der Waals surface area contributed by atoms with Crippen molar-refractivity contribution < 1.29 is 29.4 Å². The van der Waals surface area contributed by atoms with Gasteiger partial charge in [0, 0.05) is 22.3 Å². The van der Waals surface area contributed by atoms with E-state index in [0.29, 0.717) is 48.0 Å². The number of rotatable bonds is 14. The molecule has 184 valence electrons. The minimum atomic E-state index is -0.812. The number of carboxylic acid groups (broad SMARTS) is 2. The predicted octanol–water partition coefficient (Wildman–Crippen LogP) is 5.76. The molecule has 0 bridgehead atoms. The van der Waals surface area contributed by atoms with Gasteiger partial charge in [-0.3, -0.25) is 19.2 Å². The molecule has 0 aromatic heterocycles. The van der Waals surface area contributed by atoms with Crippen LogP contribution in [0.5, 0.6) is 0 Å². The van der Waals surface area contributed by atoms with E-state index in [4.69, 9.17) is 0 Å². The largest absolute Gasteiger partial charge is 0.481 e. The molecule has 2 aliphatic rings. The van der Waals surface area contributed by atoms with Gasteiger partial charge >= 0.3 is 11.9 Å². The predicted molar refractivity (Wildman–Crippen MR) is 131 cm³/mol. The molecule has 0 aromatic rings. The Morgan fingerprint density at radius 2 is 1.03 bits per heavy atom. The van der Waals surface area contributed by atoms with Crippen LogP contribution in [0.4, 0.5) is 0 Å². The van der Waals surface area contributed by atoms with Crippen LogP contribution in [0, 0.1) is 10.8 Å². The van der Waals surface area contributed by atoms with Crippen molar-refractivity contribution in [1.82, 2.24) is 0 Å². The number of carbonyl (C=O) groups excluding carboxylic acids is 2. The van der Waals surface area contributed by atoms with Crippen LogP contribution >= 0.6 is 0 Å². The summed E-state index contributed by atoms with van der Waals surface area (Å²) >= 11 is 0. The van der Waals surface area contributed by atoms with Crippen LogP contribution in [0.3, 0.4) is 0 Å². The van der Waals surface area contributed by atoms with Crippen LogP contribution in [0.1, 0.15) is 79.1 Å². The third kappa shape index (κ3) is 7.24. The molecular formula is C28H36O6. The third-order valence-corrected chi connectivity index (χ3v) is 6.63. The molecule has 0 aliphatic heterocycles. The number of carbonyl (C=O) groups is 4. The van der Waals surface area contributed by atoms with Crippen molar-refractivity contribution in [3.8, 4) is 0 Å². The van der Waals surface area contributed by atoms with Gasteiger partial charge in [0.05, 0.1) is 10.8 Å². The summed E-state index contributed by atoms with van der Waals surface area (Å²) in [7, 11) is 0.